The molecule has 0 spiro atoms. The number of sulfonamides is 1. The molecule has 32 heavy (non-hydrogen) atoms. The molecule has 7 nitrogen and oxygen atoms in total. The minimum atomic E-state index is -3.36. The summed E-state index contributed by atoms with van der Waals surface area (Å²) in [5, 5.41) is 4.08. The Morgan fingerprint density at radius 3 is 2.44 bits per heavy atom. The van der Waals surface area contributed by atoms with Gasteiger partial charge in [-0.3, -0.25) is 9.71 Å². The van der Waals surface area contributed by atoms with Crippen molar-refractivity contribution < 1.29 is 8.42 Å². The maximum atomic E-state index is 11.7. The van der Waals surface area contributed by atoms with E-state index in [1.54, 1.807) is 12.3 Å². The zero-order valence-corrected chi connectivity index (χ0v) is 20.4. The van der Waals surface area contributed by atoms with Gasteiger partial charge in [0.1, 0.15) is 0 Å². The molecule has 9 heteroatoms. The summed E-state index contributed by atoms with van der Waals surface area (Å²) in [4.78, 5) is 6.70. The number of hydrogen-bond acceptors (Lipinski definition) is 4. The van der Waals surface area contributed by atoms with Gasteiger partial charge in [-0.25, -0.2) is 8.42 Å². The summed E-state index contributed by atoms with van der Waals surface area (Å²) in [6.07, 6.45) is 2.94. The van der Waals surface area contributed by atoms with Gasteiger partial charge in [-0.1, -0.05) is 6.07 Å². The zero-order chi connectivity index (χ0) is 23.2. The molecule has 0 radical (unpaired) electrons. The van der Waals surface area contributed by atoms with Crippen LogP contribution in [-0.2, 0) is 17.1 Å². The number of rotatable bonds is 5. The van der Waals surface area contributed by atoms with Crippen molar-refractivity contribution in [3.63, 3.8) is 0 Å². The van der Waals surface area contributed by atoms with Gasteiger partial charge in [-0.05, 0) is 80.5 Å². The highest BCUT2D eigenvalue weighted by molar-refractivity contribution is 7.92. The number of hydrogen-bond donors (Lipinski definition) is 2. The van der Waals surface area contributed by atoms with Crippen LogP contribution in [0.25, 0.3) is 0 Å². The molecule has 0 amide bonds. The lowest BCUT2D eigenvalue weighted by Gasteiger charge is -2.28. The molecule has 3 aromatic rings. The molecule has 1 aliphatic rings. The second-order valence-electron chi connectivity index (χ2n) is 8.26. The Morgan fingerprint density at radius 1 is 1.12 bits per heavy atom. The fraction of sp³-hybridized carbons (Fsp3) is 0.304. The Labute approximate surface area is 194 Å². The Balaban J connectivity index is 1.83. The van der Waals surface area contributed by atoms with Crippen LogP contribution >= 0.6 is 12.2 Å². The van der Waals surface area contributed by atoms with E-state index < -0.39 is 10.0 Å². The summed E-state index contributed by atoms with van der Waals surface area (Å²) >= 11 is 5.79. The molecular formula is C23H27N5O2S2. The van der Waals surface area contributed by atoms with E-state index in [0.29, 0.717) is 10.8 Å². The first-order chi connectivity index (χ1) is 15.1. The van der Waals surface area contributed by atoms with Gasteiger partial charge in [0, 0.05) is 30.3 Å². The first-order valence-electron chi connectivity index (χ1n) is 10.3. The van der Waals surface area contributed by atoms with E-state index in [4.69, 9.17) is 12.2 Å². The third-order valence-electron chi connectivity index (χ3n) is 6.01. The zero-order valence-electron chi connectivity index (χ0n) is 18.7. The Kier molecular flexibility index (Phi) is 5.72. The lowest BCUT2D eigenvalue weighted by atomic mass is 9.96. The number of thiocarbonyl (C=S) groups is 1. The van der Waals surface area contributed by atoms with Crippen molar-refractivity contribution in [2.45, 2.75) is 32.9 Å². The molecule has 168 valence electrons. The fourth-order valence-corrected chi connectivity index (χ4v) is 5.22. The first kappa shape index (κ1) is 22.3. The van der Waals surface area contributed by atoms with Crippen LogP contribution in [0.4, 0.5) is 11.4 Å². The van der Waals surface area contributed by atoms with Crippen LogP contribution in [0.5, 0.6) is 0 Å². The molecule has 2 atom stereocenters. The van der Waals surface area contributed by atoms with Gasteiger partial charge in [0.2, 0.25) is 10.0 Å². The maximum Gasteiger partial charge on any atom is 0.229 e. The van der Waals surface area contributed by atoms with Crippen LogP contribution in [0, 0.1) is 20.8 Å². The molecule has 0 bridgehead atoms. The van der Waals surface area contributed by atoms with Crippen LogP contribution in [0.1, 0.15) is 40.3 Å². The molecule has 1 fully saturated rings. The van der Waals surface area contributed by atoms with Gasteiger partial charge in [-0.15, -0.1) is 0 Å². The van der Waals surface area contributed by atoms with Crippen LogP contribution in [-0.4, -0.2) is 29.3 Å². The van der Waals surface area contributed by atoms with Gasteiger partial charge in [0.05, 0.1) is 29.7 Å². The first-order valence-corrected chi connectivity index (χ1v) is 12.6. The molecule has 1 aliphatic heterocycles. The number of anilines is 2. The molecule has 1 saturated heterocycles. The van der Waals surface area contributed by atoms with Gasteiger partial charge < -0.3 is 14.8 Å². The van der Waals surface area contributed by atoms with E-state index in [1.807, 2.05) is 37.3 Å². The summed E-state index contributed by atoms with van der Waals surface area (Å²) in [5.41, 5.74) is 6.68. The molecule has 2 aromatic heterocycles. The van der Waals surface area contributed by atoms with Crippen LogP contribution in [0.3, 0.4) is 0 Å². The molecule has 0 unspecified atom stereocenters. The minimum absolute atomic E-state index is 0.106. The van der Waals surface area contributed by atoms with Gasteiger partial charge in [0.25, 0.3) is 0 Å². The van der Waals surface area contributed by atoms with Crippen LogP contribution < -0.4 is 14.9 Å². The van der Waals surface area contributed by atoms with Gasteiger partial charge in [0.15, 0.2) is 5.11 Å². The molecule has 3 heterocycles. The monoisotopic (exact) mass is 469 g/mol. The number of nitrogens with zero attached hydrogens (tertiary/aromatic N) is 3. The minimum Gasteiger partial charge on any atom is -0.352 e. The number of pyridine rings is 1. The number of benzene rings is 1. The molecule has 1 aromatic carbocycles. The third kappa shape index (κ3) is 4.10. The standard InChI is InChI=1S/C23H27N5O2S2/c1-14-12-17(9-10-19(14)26-32(5,29)30)28-22(18-13-15(2)27(4)16(18)3)21(25-23(28)31)20-8-6-7-11-24-20/h6-13,21-22,26H,1-5H3,(H,25,31)/t21-,22+/m0/s1. The molecule has 4 rings (SSSR count). The Morgan fingerprint density at radius 2 is 1.88 bits per heavy atom. The summed E-state index contributed by atoms with van der Waals surface area (Å²) in [5.74, 6) is 0. The Hall–Kier alpha value is -2.91. The normalized spacial score (nSPS) is 18.7. The molecular weight excluding hydrogens is 442 g/mol. The van der Waals surface area contributed by atoms with Gasteiger partial charge in [-0.2, -0.15) is 0 Å². The summed E-state index contributed by atoms with van der Waals surface area (Å²) in [6.45, 7) is 6.08. The second kappa shape index (κ2) is 8.22. The SMILES string of the molecule is Cc1cc(N2C(=S)N[C@@H](c3ccccn3)[C@H]2c2cc(C)n(C)c2C)ccc1NS(C)(=O)=O. The molecule has 0 aliphatic carbocycles. The Bertz CT molecular complexity index is 1290. The summed E-state index contributed by atoms with van der Waals surface area (Å²) < 4.78 is 28.1. The van der Waals surface area contributed by atoms with Crippen LogP contribution in [0.2, 0.25) is 0 Å². The van der Waals surface area contributed by atoms with E-state index in [2.05, 4.69) is 51.5 Å². The second-order valence-corrected chi connectivity index (χ2v) is 10.4. The van der Waals surface area contributed by atoms with Crippen molar-refractivity contribution in [3.05, 3.63) is 76.9 Å². The van der Waals surface area contributed by atoms with Crippen LogP contribution in [0.15, 0.2) is 48.7 Å². The summed E-state index contributed by atoms with van der Waals surface area (Å²) in [7, 11) is -1.30. The molecule has 0 saturated carbocycles. The average Bonchev–Trinajstić information content (AvgIpc) is 3.20. The van der Waals surface area contributed by atoms with E-state index >= 15 is 0 Å². The number of aromatic nitrogens is 2. The van der Waals surface area contributed by atoms with Gasteiger partial charge >= 0.3 is 0 Å². The van der Waals surface area contributed by atoms with Crippen molar-refractivity contribution in [3.8, 4) is 0 Å². The average molecular weight is 470 g/mol. The predicted molar refractivity (Wildman–Crippen MR) is 132 cm³/mol. The highest BCUT2D eigenvalue weighted by atomic mass is 32.2. The third-order valence-corrected chi connectivity index (χ3v) is 6.92. The lowest BCUT2D eigenvalue weighted by Crippen LogP contribution is -2.29. The van der Waals surface area contributed by atoms with Crippen molar-refractivity contribution >= 4 is 38.7 Å². The highest BCUT2D eigenvalue weighted by Crippen LogP contribution is 2.43. The van der Waals surface area contributed by atoms with E-state index in [9.17, 15) is 8.42 Å². The van der Waals surface area contributed by atoms with Crippen molar-refractivity contribution in [2.24, 2.45) is 7.05 Å². The van der Waals surface area contributed by atoms with Crippen molar-refractivity contribution in [1.82, 2.24) is 14.9 Å². The van der Waals surface area contributed by atoms with E-state index in [-0.39, 0.29) is 12.1 Å². The molecule has 2 N–H and O–H groups in total. The lowest BCUT2D eigenvalue weighted by molar-refractivity contribution is 0.564. The number of aryl methyl sites for hydroxylation is 2. The predicted octanol–water partition coefficient (Wildman–Crippen LogP) is 3.89. The van der Waals surface area contributed by atoms with E-state index in [0.717, 1.165) is 28.9 Å². The highest BCUT2D eigenvalue weighted by Gasteiger charge is 2.42. The quantitative estimate of drug-likeness (QED) is 0.552. The summed E-state index contributed by atoms with van der Waals surface area (Å²) in [6, 6.07) is 13.5. The van der Waals surface area contributed by atoms with Crippen molar-refractivity contribution in [1.29, 1.82) is 0 Å². The topological polar surface area (TPSA) is 79.3 Å². The largest absolute Gasteiger partial charge is 0.352 e. The smallest absolute Gasteiger partial charge is 0.229 e. The number of nitrogens with one attached hydrogen (secondary N) is 2. The van der Waals surface area contributed by atoms with Crippen molar-refractivity contribution in [2.75, 3.05) is 15.9 Å². The maximum absolute atomic E-state index is 11.7. The fourth-order valence-electron chi connectivity index (χ4n) is 4.24. The van der Waals surface area contributed by atoms with E-state index in [1.165, 1.54) is 11.3 Å².